The molecule has 0 spiro atoms. The molecular weight excluding hydrogens is 428 g/mol. The maximum Gasteiger partial charge on any atom is 0.238 e. The number of likely N-dealkylation sites (N-methyl/N-ethyl adjacent to an activating group) is 1. The van der Waals surface area contributed by atoms with Crippen molar-refractivity contribution in [2.75, 3.05) is 32.0 Å². The number of likely N-dealkylation sites (tertiary alicyclic amines) is 1. The Hall–Kier alpha value is -2.67. The van der Waals surface area contributed by atoms with Crippen molar-refractivity contribution in [1.82, 2.24) is 15.2 Å². The molecule has 0 saturated carbocycles. The molecule has 33 heavy (non-hydrogen) atoms. The van der Waals surface area contributed by atoms with Crippen LogP contribution in [0.1, 0.15) is 35.4 Å². The summed E-state index contributed by atoms with van der Waals surface area (Å²) in [5.74, 6) is 0.533. The SMILES string of the molecule is CNCC(=O)Nc1ccc(C)c(C2CCN(Cc3ccc(Sc4ccccn4)cc3)CC2)c1. The van der Waals surface area contributed by atoms with Crippen molar-refractivity contribution in [3.05, 3.63) is 83.6 Å². The van der Waals surface area contributed by atoms with E-state index in [1.54, 1.807) is 18.8 Å². The number of aromatic nitrogens is 1. The second-order valence-corrected chi connectivity index (χ2v) is 9.71. The van der Waals surface area contributed by atoms with E-state index in [9.17, 15) is 4.79 Å². The lowest BCUT2D eigenvalue weighted by molar-refractivity contribution is -0.115. The van der Waals surface area contributed by atoms with Gasteiger partial charge >= 0.3 is 0 Å². The van der Waals surface area contributed by atoms with E-state index in [-0.39, 0.29) is 5.91 Å². The number of amides is 1. The Morgan fingerprint density at radius 2 is 1.88 bits per heavy atom. The van der Waals surface area contributed by atoms with E-state index < -0.39 is 0 Å². The summed E-state index contributed by atoms with van der Waals surface area (Å²) in [6, 6.07) is 21.1. The van der Waals surface area contributed by atoms with E-state index in [4.69, 9.17) is 0 Å². The Kier molecular flexibility index (Phi) is 8.15. The van der Waals surface area contributed by atoms with Crippen molar-refractivity contribution in [3.8, 4) is 0 Å². The second-order valence-electron chi connectivity index (χ2n) is 8.61. The first kappa shape index (κ1) is 23.5. The summed E-state index contributed by atoms with van der Waals surface area (Å²) >= 11 is 1.69. The number of carbonyl (C=O) groups excluding carboxylic acids is 1. The summed E-state index contributed by atoms with van der Waals surface area (Å²) in [4.78, 5) is 20.1. The molecular formula is C27H32N4OS. The molecule has 1 aliphatic heterocycles. The van der Waals surface area contributed by atoms with Gasteiger partial charge in [-0.25, -0.2) is 4.98 Å². The van der Waals surface area contributed by atoms with Gasteiger partial charge in [-0.15, -0.1) is 0 Å². The second kappa shape index (κ2) is 11.5. The molecule has 0 aliphatic carbocycles. The highest BCUT2D eigenvalue weighted by Gasteiger charge is 2.22. The molecule has 4 rings (SSSR count). The number of piperidine rings is 1. The van der Waals surface area contributed by atoms with Gasteiger partial charge in [-0.3, -0.25) is 9.69 Å². The van der Waals surface area contributed by atoms with Crippen LogP contribution < -0.4 is 10.6 Å². The molecule has 1 aromatic heterocycles. The number of benzene rings is 2. The van der Waals surface area contributed by atoms with Crippen LogP contribution in [0.2, 0.25) is 0 Å². The Labute approximate surface area is 201 Å². The van der Waals surface area contributed by atoms with Crippen LogP contribution in [0.4, 0.5) is 5.69 Å². The Morgan fingerprint density at radius 3 is 2.58 bits per heavy atom. The van der Waals surface area contributed by atoms with Crippen molar-refractivity contribution in [3.63, 3.8) is 0 Å². The lowest BCUT2D eigenvalue weighted by atomic mass is 9.86. The number of hydrogen-bond acceptors (Lipinski definition) is 5. The number of carbonyl (C=O) groups is 1. The first-order chi connectivity index (χ1) is 16.1. The molecule has 1 saturated heterocycles. The number of hydrogen-bond donors (Lipinski definition) is 2. The molecule has 5 nitrogen and oxygen atoms in total. The fraction of sp³-hybridized carbons (Fsp3) is 0.333. The molecule has 2 N–H and O–H groups in total. The van der Waals surface area contributed by atoms with Crippen LogP contribution in [0.5, 0.6) is 0 Å². The van der Waals surface area contributed by atoms with Crippen LogP contribution in [0.15, 0.2) is 76.8 Å². The summed E-state index contributed by atoms with van der Waals surface area (Å²) in [5.41, 5.74) is 4.92. The van der Waals surface area contributed by atoms with Gasteiger partial charge in [-0.05, 0) is 98.9 Å². The van der Waals surface area contributed by atoms with Gasteiger partial charge in [0, 0.05) is 23.3 Å². The molecule has 2 heterocycles. The fourth-order valence-corrected chi connectivity index (χ4v) is 5.15. The third-order valence-corrected chi connectivity index (χ3v) is 7.08. The van der Waals surface area contributed by atoms with Gasteiger partial charge in [0.05, 0.1) is 6.54 Å². The van der Waals surface area contributed by atoms with Gasteiger partial charge in [0.1, 0.15) is 5.03 Å². The fourth-order valence-electron chi connectivity index (χ4n) is 4.38. The van der Waals surface area contributed by atoms with E-state index in [1.807, 2.05) is 30.5 Å². The lowest BCUT2D eigenvalue weighted by Crippen LogP contribution is -2.32. The van der Waals surface area contributed by atoms with E-state index in [0.717, 1.165) is 43.2 Å². The van der Waals surface area contributed by atoms with E-state index in [2.05, 4.69) is 63.8 Å². The highest BCUT2D eigenvalue weighted by Crippen LogP contribution is 2.33. The highest BCUT2D eigenvalue weighted by molar-refractivity contribution is 7.99. The van der Waals surface area contributed by atoms with Gasteiger partial charge in [-0.2, -0.15) is 0 Å². The third kappa shape index (κ3) is 6.67. The molecule has 1 amide bonds. The number of nitrogens with zero attached hydrogens (tertiary/aromatic N) is 2. The van der Waals surface area contributed by atoms with Crippen LogP contribution in [0.25, 0.3) is 0 Å². The van der Waals surface area contributed by atoms with E-state index in [0.29, 0.717) is 12.5 Å². The largest absolute Gasteiger partial charge is 0.325 e. The zero-order chi connectivity index (χ0) is 23.0. The van der Waals surface area contributed by atoms with Crippen LogP contribution >= 0.6 is 11.8 Å². The molecule has 0 radical (unpaired) electrons. The summed E-state index contributed by atoms with van der Waals surface area (Å²) in [6.45, 7) is 5.66. The molecule has 0 unspecified atom stereocenters. The minimum Gasteiger partial charge on any atom is -0.325 e. The van der Waals surface area contributed by atoms with Crippen LogP contribution in [0, 0.1) is 6.92 Å². The molecule has 0 atom stereocenters. The molecule has 0 bridgehead atoms. The Balaban J connectivity index is 1.30. The topological polar surface area (TPSA) is 57.3 Å². The molecule has 1 aliphatic rings. The molecule has 3 aromatic rings. The maximum absolute atomic E-state index is 11.9. The van der Waals surface area contributed by atoms with Gasteiger partial charge in [-0.1, -0.05) is 36.0 Å². The average molecular weight is 461 g/mol. The predicted octanol–water partition coefficient (Wildman–Crippen LogP) is 5.08. The van der Waals surface area contributed by atoms with E-state index in [1.165, 1.54) is 21.6 Å². The van der Waals surface area contributed by atoms with Gasteiger partial charge in [0.25, 0.3) is 0 Å². The quantitative estimate of drug-likeness (QED) is 0.491. The minimum atomic E-state index is -0.00780. The highest BCUT2D eigenvalue weighted by atomic mass is 32.2. The number of anilines is 1. The standard InChI is InChI=1S/C27H32N4OS/c1-20-6-9-23(30-26(32)18-28-2)17-25(20)22-12-15-31(16-13-22)19-21-7-10-24(11-8-21)33-27-5-3-4-14-29-27/h3-11,14,17,22,28H,12-13,15-16,18-19H2,1-2H3,(H,30,32). The monoisotopic (exact) mass is 460 g/mol. The van der Waals surface area contributed by atoms with Crippen molar-refractivity contribution in [2.24, 2.45) is 0 Å². The van der Waals surface area contributed by atoms with E-state index >= 15 is 0 Å². The summed E-state index contributed by atoms with van der Waals surface area (Å²) < 4.78 is 0. The summed E-state index contributed by atoms with van der Waals surface area (Å²) in [5, 5.41) is 6.91. The number of pyridine rings is 1. The van der Waals surface area contributed by atoms with Gasteiger partial charge in [0.15, 0.2) is 0 Å². The molecule has 172 valence electrons. The van der Waals surface area contributed by atoms with Crippen LogP contribution in [-0.2, 0) is 11.3 Å². The van der Waals surface area contributed by atoms with Crippen LogP contribution in [-0.4, -0.2) is 42.5 Å². The number of rotatable bonds is 8. The van der Waals surface area contributed by atoms with Crippen LogP contribution in [0.3, 0.4) is 0 Å². The summed E-state index contributed by atoms with van der Waals surface area (Å²) in [7, 11) is 1.78. The first-order valence-corrected chi connectivity index (χ1v) is 12.4. The normalized spacial score (nSPS) is 14.8. The van der Waals surface area contributed by atoms with Crippen molar-refractivity contribution in [2.45, 2.75) is 42.1 Å². The van der Waals surface area contributed by atoms with Crippen molar-refractivity contribution >= 4 is 23.4 Å². The average Bonchev–Trinajstić information content (AvgIpc) is 2.83. The lowest BCUT2D eigenvalue weighted by Gasteiger charge is -2.33. The maximum atomic E-state index is 11.9. The zero-order valence-corrected chi connectivity index (χ0v) is 20.2. The van der Waals surface area contributed by atoms with Crippen molar-refractivity contribution < 1.29 is 4.79 Å². The number of nitrogens with one attached hydrogen (secondary N) is 2. The molecule has 2 aromatic carbocycles. The number of aryl methyl sites for hydroxylation is 1. The molecule has 1 fully saturated rings. The smallest absolute Gasteiger partial charge is 0.238 e. The Bertz CT molecular complexity index is 1050. The first-order valence-electron chi connectivity index (χ1n) is 11.6. The molecule has 6 heteroatoms. The van der Waals surface area contributed by atoms with Crippen molar-refractivity contribution in [1.29, 1.82) is 0 Å². The predicted molar refractivity (Wildman–Crippen MR) is 136 cm³/mol. The minimum absolute atomic E-state index is 0.00780. The zero-order valence-electron chi connectivity index (χ0n) is 19.4. The van der Waals surface area contributed by atoms with Gasteiger partial charge in [0.2, 0.25) is 5.91 Å². The van der Waals surface area contributed by atoms with Gasteiger partial charge < -0.3 is 10.6 Å². The summed E-state index contributed by atoms with van der Waals surface area (Å²) in [6.07, 6.45) is 4.11. The third-order valence-electron chi connectivity index (χ3n) is 6.12. The Morgan fingerprint density at radius 1 is 1.09 bits per heavy atom.